The van der Waals surface area contributed by atoms with Crippen LogP contribution in [-0.4, -0.2) is 49.4 Å². The highest BCUT2D eigenvalue weighted by molar-refractivity contribution is 6.42. The number of hydrogen-bond acceptors (Lipinski definition) is 3. The first-order chi connectivity index (χ1) is 10.5. The van der Waals surface area contributed by atoms with Crippen molar-refractivity contribution in [3.63, 3.8) is 0 Å². The topological polar surface area (TPSA) is 61.4 Å². The fourth-order valence-electron chi connectivity index (χ4n) is 2.42. The second-order valence-electron chi connectivity index (χ2n) is 5.30. The molecule has 8 heteroatoms. The van der Waals surface area contributed by atoms with Gasteiger partial charge in [0.15, 0.2) is 0 Å². The van der Waals surface area contributed by atoms with Gasteiger partial charge in [-0.1, -0.05) is 23.2 Å². The molecule has 1 saturated heterocycles. The number of halogens is 3. The first kappa shape index (κ1) is 20.0. The van der Waals surface area contributed by atoms with Gasteiger partial charge in [-0.3, -0.25) is 9.59 Å². The van der Waals surface area contributed by atoms with E-state index in [2.05, 4.69) is 10.6 Å². The first-order valence-electron chi connectivity index (χ1n) is 7.18. The van der Waals surface area contributed by atoms with Crippen molar-refractivity contribution in [3.05, 3.63) is 33.8 Å². The van der Waals surface area contributed by atoms with Crippen LogP contribution >= 0.6 is 35.6 Å². The van der Waals surface area contributed by atoms with E-state index in [0.717, 1.165) is 25.9 Å². The standard InChI is InChI=1S/C15H19Cl2N3O2.ClH/c1-20(11-4-6-18-7-5-11)14(21)9-19-15(22)10-2-3-12(16)13(17)8-10;/h2-3,8,11,18H,4-7,9H2,1H3,(H,19,22);1H. The molecule has 1 fully saturated rings. The van der Waals surface area contributed by atoms with Crippen molar-refractivity contribution in [2.45, 2.75) is 18.9 Å². The summed E-state index contributed by atoms with van der Waals surface area (Å²) in [7, 11) is 1.78. The molecular formula is C15H20Cl3N3O2. The van der Waals surface area contributed by atoms with Crippen LogP contribution < -0.4 is 10.6 Å². The molecule has 0 radical (unpaired) electrons. The van der Waals surface area contributed by atoms with Gasteiger partial charge in [0.2, 0.25) is 5.91 Å². The van der Waals surface area contributed by atoms with Gasteiger partial charge in [-0.25, -0.2) is 0 Å². The molecule has 1 heterocycles. The smallest absolute Gasteiger partial charge is 0.251 e. The molecule has 0 unspecified atom stereocenters. The average Bonchev–Trinajstić information content (AvgIpc) is 2.54. The van der Waals surface area contributed by atoms with Crippen molar-refractivity contribution in [3.8, 4) is 0 Å². The van der Waals surface area contributed by atoms with Crippen molar-refractivity contribution in [1.82, 2.24) is 15.5 Å². The number of carbonyl (C=O) groups is 2. The summed E-state index contributed by atoms with van der Waals surface area (Å²) in [6.07, 6.45) is 1.87. The molecule has 0 aliphatic carbocycles. The van der Waals surface area contributed by atoms with E-state index in [0.29, 0.717) is 15.6 Å². The van der Waals surface area contributed by atoms with Crippen molar-refractivity contribution < 1.29 is 9.59 Å². The Bertz CT molecular complexity index is 563. The molecule has 23 heavy (non-hydrogen) atoms. The highest BCUT2D eigenvalue weighted by Gasteiger charge is 2.22. The van der Waals surface area contributed by atoms with E-state index in [1.807, 2.05) is 0 Å². The number of benzene rings is 1. The predicted octanol–water partition coefficient (Wildman–Crippen LogP) is 2.36. The zero-order valence-corrected chi connectivity index (χ0v) is 15.1. The zero-order chi connectivity index (χ0) is 16.1. The Morgan fingerprint density at radius 1 is 1.26 bits per heavy atom. The molecule has 0 bridgehead atoms. The van der Waals surface area contributed by atoms with Crippen molar-refractivity contribution in [1.29, 1.82) is 0 Å². The van der Waals surface area contributed by atoms with Gasteiger partial charge in [-0.05, 0) is 44.1 Å². The molecule has 0 aromatic heterocycles. The van der Waals surface area contributed by atoms with E-state index in [4.69, 9.17) is 23.2 Å². The molecule has 0 atom stereocenters. The van der Waals surface area contributed by atoms with Crippen LogP contribution in [0.15, 0.2) is 18.2 Å². The van der Waals surface area contributed by atoms with Crippen LogP contribution in [0.25, 0.3) is 0 Å². The third-order valence-corrected chi connectivity index (χ3v) is 4.57. The summed E-state index contributed by atoms with van der Waals surface area (Å²) in [5, 5.41) is 6.58. The minimum Gasteiger partial charge on any atom is -0.343 e. The fraction of sp³-hybridized carbons (Fsp3) is 0.467. The minimum atomic E-state index is -0.342. The summed E-state index contributed by atoms with van der Waals surface area (Å²) in [6.45, 7) is 1.80. The van der Waals surface area contributed by atoms with Crippen molar-refractivity contribution in [2.24, 2.45) is 0 Å². The van der Waals surface area contributed by atoms with Gasteiger partial charge in [0.05, 0.1) is 16.6 Å². The highest BCUT2D eigenvalue weighted by atomic mass is 35.5. The molecule has 0 spiro atoms. The monoisotopic (exact) mass is 379 g/mol. The normalized spacial score (nSPS) is 14.7. The summed E-state index contributed by atoms with van der Waals surface area (Å²) in [5.74, 6) is -0.439. The van der Waals surface area contributed by atoms with E-state index in [1.165, 1.54) is 6.07 Å². The number of carbonyl (C=O) groups excluding carboxylic acids is 2. The maximum absolute atomic E-state index is 12.1. The summed E-state index contributed by atoms with van der Waals surface area (Å²) < 4.78 is 0. The number of nitrogens with zero attached hydrogens (tertiary/aromatic N) is 1. The van der Waals surface area contributed by atoms with Gasteiger partial charge in [0.25, 0.3) is 5.91 Å². The number of likely N-dealkylation sites (N-methyl/N-ethyl adjacent to an activating group) is 1. The number of amides is 2. The third kappa shape index (κ3) is 5.53. The van der Waals surface area contributed by atoms with Gasteiger partial charge >= 0.3 is 0 Å². The van der Waals surface area contributed by atoms with Crippen LogP contribution in [0.3, 0.4) is 0 Å². The van der Waals surface area contributed by atoms with E-state index in [9.17, 15) is 9.59 Å². The SMILES string of the molecule is CN(C(=O)CNC(=O)c1ccc(Cl)c(Cl)c1)C1CCNCC1.Cl. The van der Waals surface area contributed by atoms with Crippen LogP contribution in [-0.2, 0) is 4.79 Å². The molecule has 1 aliphatic rings. The average molecular weight is 381 g/mol. The third-order valence-electron chi connectivity index (χ3n) is 3.83. The second kappa shape index (κ2) is 9.33. The van der Waals surface area contributed by atoms with Crippen molar-refractivity contribution >= 4 is 47.4 Å². The Hall–Kier alpha value is -1.01. The minimum absolute atomic E-state index is 0. The summed E-state index contributed by atoms with van der Waals surface area (Å²) in [6, 6.07) is 4.85. The second-order valence-corrected chi connectivity index (χ2v) is 6.11. The summed E-state index contributed by atoms with van der Waals surface area (Å²) >= 11 is 11.7. The molecule has 2 N–H and O–H groups in total. The largest absolute Gasteiger partial charge is 0.343 e. The van der Waals surface area contributed by atoms with Crippen LogP contribution in [0.1, 0.15) is 23.2 Å². The Kier molecular flexibility index (Phi) is 8.12. The summed E-state index contributed by atoms with van der Waals surface area (Å²) in [4.78, 5) is 25.9. The summed E-state index contributed by atoms with van der Waals surface area (Å²) in [5.41, 5.74) is 0.381. The van der Waals surface area contributed by atoms with Gasteiger partial charge in [0.1, 0.15) is 0 Å². The Labute approximate surface area is 152 Å². The maximum atomic E-state index is 12.1. The number of nitrogens with one attached hydrogen (secondary N) is 2. The molecule has 1 aromatic carbocycles. The number of hydrogen-bond donors (Lipinski definition) is 2. The van der Waals surface area contributed by atoms with Gasteiger partial charge in [-0.2, -0.15) is 0 Å². The van der Waals surface area contributed by atoms with Crippen LogP contribution in [0.2, 0.25) is 10.0 Å². The van der Waals surface area contributed by atoms with Crippen LogP contribution in [0.4, 0.5) is 0 Å². The Morgan fingerprint density at radius 2 is 1.91 bits per heavy atom. The van der Waals surface area contributed by atoms with E-state index in [1.54, 1.807) is 24.1 Å². The fourth-order valence-corrected chi connectivity index (χ4v) is 2.72. The molecule has 1 aliphatic heterocycles. The lowest BCUT2D eigenvalue weighted by Crippen LogP contribution is -2.47. The Balaban J connectivity index is 0.00000264. The molecule has 2 rings (SSSR count). The molecule has 128 valence electrons. The van der Waals surface area contributed by atoms with E-state index in [-0.39, 0.29) is 36.8 Å². The molecule has 2 amide bonds. The van der Waals surface area contributed by atoms with Gasteiger partial charge in [0, 0.05) is 18.7 Å². The zero-order valence-electron chi connectivity index (χ0n) is 12.8. The molecule has 1 aromatic rings. The van der Waals surface area contributed by atoms with Crippen molar-refractivity contribution in [2.75, 3.05) is 26.7 Å². The quantitative estimate of drug-likeness (QED) is 0.843. The lowest BCUT2D eigenvalue weighted by Gasteiger charge is -2.31. The van der Waals surface area contributed by atoms with Gasteiger partial charge in [-0.15, -0.1) is 12.4 Å². The maximum Gasteiger partial charge on any atom is 0.251 e. The Morgan fingerprint density at radius 3 is 2.52 bits per heavy atom. The predicted molar refractivity (Wildman–Crippen MR) is 94.7 cm³/mol. The van der Waals surface area contributed by atoms with Crippen LogP contribution in [0.5, 0.6) is 0 Å². The molecule has 0 saturated carbocycles. The first-order valence-corrected chi connectivity index (χ1v) is 7.94. The number of rotatable bonds is 4. The molecular weight excluding hydrogens is 361 g/mol. The van der Waals surface area contributed by atoms with E-state index < -0.39 is 0 Å². The highest BCUT2D eigenvalue weighted by Crippen LogP contribution is 2.22. The lowest BCUT2D eigenvalue weighted by molar-refractivity contribution is -0.131. The van der Waals surface area contributed by atoms with E-state index >= 15 is 0 Å². The van der Waals surface area contributed by atoms with Crippen LogP contribution in [0, 0.1) is 0 Å². The van der Waals surface area contributed by atoms with Gasteiger partial charge < -0.3 is 15.5 Å². The number of piperidine rings is 1. The molecule has 5 nitrogen and oxygen atoms in total. The lowest BCUT2D eigenvalue weighted by atomic mass is 10.1.